The fourth-order valence-electron chi connectivity index (χ4n) is 7.71. The fraction of sp³-hybridized carbons (Fsp3) is 0.200. The molecule has 1 spiro atoms. The lowest BCUT2D eigenvalue weighted by Gasteiger charge is -2.44. The summed E-state index contributed by atoms with van der Waals surface area (Å²) in [7, 11) is -8.13. The molecule has 0 saturated carbocycles. The Morgan fingerprint density at radius 2 is 1.24 bits per heavy atom. The number of hydrogen-bond acceptors (Lipinski definition) is 4. The number of nitrogens with zero attached hydrogens (tertiary/aromatic N) is 3. The quantitative estimate of drug-likeness (QED) is 0.170. The van der Waals surface area contributed by atoms with Crippen LogP contribution in [0.2, 0.25) is 0 Å². The Labute approximate surface area is 287 Å². The monoisotopic (exact) mass is 687 g/mol. The van der Waals surface area contributed by atoms with E-state index in [0.717, 1.165) is 55.2 Å². The third-order valence-electron chi connectivity index (χ3n) is 10.0. The minimum Gasteiger partial charge on any atom is -0.338 e. The molecule has 0 amide bonds. The lowest BCUT2D eigenvalue weighted by molar-refractivity contribution is 0.198. The van der Waals surface area contributed by atoms with E-state index in [-0.39, 0.29) is 29.4 Å². The van der Waals surface area contributed by atoms with Gasteiger partial charge in [-0.3, -0.25) is 0 Å². The van der Waals surface area contributed by atoms with Crippen LogP contribution >= 0.6 is 0 Å². The molecule has 0 radical (unpaired) electrons. The van der Waals surface area contributed by atoms with Crippen molar-refractivity contribution >= 4 is 41.7 Å². The van der Waals surface area contributed by atoms with Gasteiger partial charge in [0.05, 0.1) is 27.4 Å². The zero-order chi connectivity index (χ0) is 34.1. The maximum atomic E-state index is 14.8. The second-order valence-electron chi connectivity index (χ2n) is 13.4. The topological polar surface area (TPSA) is 79.7 Å². The third-order valence-corrected chi connectivity index (χ3v) is 13.7. The molecule has 0 fully saturated rings. The van der Waals surface area contributed by atoms with E-state index in [1.165, 1.54) is 8.61 Å². The highest BCUT2D eigenvalue weighted by molar-refractivity contribution is 7.89. The molecule has 3 heterocycles. The van der Waals surface area contributed by atoms with E-state index in [4.69, 9.17) is 0 Å². The summed E-state index contributed by atoms with van der Waals surface area (Å²) < 4.78 is 64.1. The number of benzene rings is 5. The third kappa shape index (κ3) is 5.06. The molecular formula is C40H37N3O4S2. The van der Waals surface area contributed by atoms with Crippen LogP contribution in [0.25, 0.3) is 21.7 Å². The standard InChI is InChI=1S/C40H37N3O4S2/c1-28-13-18-33(19-14-28)48(44,45)41-26-37-38(40(27-41)23-30(3)24-43(40)49(46,47)34-20-15-29(2)16-21-34)36-22-17-32-11-7-8-12-35(32)39(36)42(37)25-31-9-5-4-6-10-31/h4-23H,24-27H2,1-3H3. The first-order chi connectivity index (χ1) is 23.5. The van der Waals surface area contributed by atoms with Gasteiger partial charge < -0.3 is 4.57 Å². The zero-order valence-electron chi connectivity index (χ0n) is 27.7. The van der Waals surface area contributed by atoms with E-state index in [2.05, 4.69) is 41.0 Å². The Bertz CT molecular complexity index is 2510. The number of fused-ring (bicyclic) bond motifs is 6. The maximum absolute atomic E-state index is 14.8. The first kappa shape index (κ1) is 31.7. The highest BCUT2D eigenvalue weighted by Crippen LogP contribution is 2.51. The number of rotatable bonds is 6. The van der Waals surface area contributed by atoms with Crippen LogP contribution in [0.1, 0.15) is 34.9 Å². The van der Waals surface area contributed by atoms with Crippen molar-refractivity contribution in [2.75, 3.05) is 13.1 Å². The molecule has 2 aliphatic heterocycles. The van der Waals surface area contributed by atoms with Gasteiger partial charge in [-0.1, -0.05) is 114 Å². The van der Waals surface area contributed by atoms with Crippen molar-refractivity contribution in [2.45, 2.75) is 49.2 Å². The molecule has 7 nitrogen and oxygen atoms in total. The minimum absolute atomic E-state index is 0.0596. The molecule has 0 aliphatic carbocycles. The van der Waals surface area contributed by atoms with Crippen LogP contribution in [-0.4, -0.2) is 43.1 Å². The molecular weight excluding hydrogens is 651 g/mol. The summed E-state index contributed by atoms with van der Waals surface area (Å²) in [5.74, 6) is 0. The van der Waals surface area contributed by atoms with Crippen molar-refractivity contribution in [3.8, 4) is 0 Å². The van der Waals surface area contributed by atoms with Gasteiger partial charge in [-0.15, -0.1) is 0 Å². The molecule has 0 N–H and O–H groups in total. The molecule has 0 saturated heterocycles. The van der Waals surface area contributed by atoms with Crippen molar-refractivity contribution in [1.82, 2.24) is 13.2 Å². The molecule has 1 atom stereocenters. The van der Waals surface area contributed by atoms with Crippen LogP contribution in [0.4, 0.5) is 0 Å². The minimum atomic E-state index is -4.09. The maximum Gasteiger partial charge on any atom is 0.244 e. The van der Waals surface area contributed by atoms with Crippen LogP contribution in [0.3, 0.4) is 0 Å². The Morgan fingerprint density at radius 3 is 1.92 bits per heavy atom. The summed E-state index contributed by atoms with van der Waals surface area (Å²) in [4.78, 5) is 0.360. The molecule has 49 heavy (non-hydrogen) atoms. The molecule has 1 unspecified atom stereocenters. The largest absolute Gasteiger partial charge is 0.338 e. The molecule has 6 aromatic rings. The molecule has 248 valence electrons. The number of aryl methyl sites for hydroxylation is 2. The molecule has 5 aromatic carbocycles. The van der Waals surface area contributed by atoms with E-state index in [9.17, 15) is 16.8 Å². The molecule has 1 aromatic heterocycles. The Hall–Kier alpha value is -4.54. The number of sulfonamides is 2. The first-order valence-electron chi connectivity index (χ1n) is 16.4. The summed E-state index contributed by atoms with van der Waals surface area (Å²) in [6.45, 7) is 6.44. The molecule has 8 rings (SSSR count). The lowest BCUT2D eigenvalue weighted by Crippen LogP contribution is -2.56. The van der Waals surface area contributed by atoms with E-state index >= 15 is 0 Å². The Kier molecular flexibility index (Phi) is 7.46. The fourth-order valence-corrected chi connectivity index (χ4v) is 10.9. The van der Waals surface area contributed by atoms with Gasteiger partial charge >= 0.3 is 0 Å². The normalized spacial score (nSPS) is 18.7. The van der Waals surface area contributed by atoms with Crippen molar-refractivity contribution < 1.29 is 16.8 Å². The van der Waals surface area contributed by atoms with Gasteiger partial charge in [0.2, 0.25) is 20.0 Å². The van der Waals surface area contributed by atoms with E-state index in [1.807, 2.05) is 57.2 Å². The summed E-state index contributed by atoms with van der Waals surface area (Å²) in [5.41, 5.74) is 5.12. The van der Waals surface area contributed by atoms with Crippen LogP contribution in [-0.2, 0) is 38.7 Å². The summed E-state index contributed by atoms with van der Waals surface area (Å²) >= 11 is 0. The van der Waals surface area contributed by atoms with Gasteiger partial charge in [-0.25, -0.2) is 16.8 Å². The van der Waals surface area contributed by atoms with Gasteiger partial charge in [-0.05, 0) is 56.0 Å². The number of hydrogen-bond donors (Lipinski definition) is 0. The average Bonchev–Trinajstić information content (AvgIpc) is 3.60. The van der Waals surface area contributed by atoms with Crippen molar-refractivity contribution in [2.24, 2.45) is 0 Å². The molecule has 2 aliphatic rings. The van der Waals surface area contributed by atoms with Crippen molar-refractivity contribution in [3.05, 3.63) is 155 Å². The van der Waals surface area contributed by atoms with Crippen LogP contribution in [0.15, 0.2) is 137 Å². The van der Waals surface area contributed by atoms with Gasteiger partial charge in [0.15, 0.2) is 0 Å². The summed E-state index contributed by atoms with van der Waals surface area (Å²) in [6.07, 6.45) is 2.00. The van der Waals surface area contributed by atoms with Crippen LogP contribution < -0.4 is 0 Å². The van der Waals surface area contributed by atoms with E-state index < -0.39 is 25.6 Å². The van der Waals surface area contributed by atoms with Crippen LogP contribution in [0, 0.1) is 13.8 Å². The van der Waals surface area contributed by atoms with E-state index in [0.29, 0.717) is 6.54 Å². The Morgan fingerprint density at radius 1 is 0.633 bits per heavy atom. The highest BCUT2D eigenvalue weighted by Gasteiger charge is 2.55. The van der Waals surface area contributed by atoms with Gasteiger partial charge in [0, 0.05) is 41.7 Å². The van der Waals surface area contributed by atoms with Gasteiger partial charge in [0.1, 0.15) is 0 Å². The van der Waals surface area contributed by atoms with Crippen molar-refractivity contribution in [3.63, 3.8) is 0 Å². The van der Waals surface area contributed by atoms with Crippen LogP contribution in [0.5, 0.6) is 0 Å². The first-order valence-corrected chi connectivity index (χ1v) is 19.3. The molecule has 0 bridgehead atoms. The average molecular weight is 688 g/mol. The lowest BCUT2D eigenvalue weighted by atomic mass is 9.85. The van der Waals surface area contributed by atoms with E-state index in [1.54, 1.807) is 48.5 Å². The number of aromatic nitrogens is 1. The second kappa shape index (κ2) is 11.5. The SMILES string of the molecule is CC1=CC2(CN(S(=O)(=O)c3ccc(C)cc3)Cc3c2c2ccc4ccccc4c2n3Cc2ccccc2)N(S(=O)(=O)c2ccc(C)cc2)C1. The zero-order valence-corrected chi connectivity index (χ0v) is 29.3. The summed E-state index contributed by atoms with van der Waals surface area (Å²) in [5, 5.41) is 3.01. The summed E-state index contributed by atoms with van der Waals surface area (Å²) in [6, 6.07) is 36.2. The van der Waals surface area contributed by atoms with Gasteiger partial charge in [-0.2, -0.15) is 8.61 Å². The van der Waals surface area contributed by atoms with Crippen molar-refractivity contribution in [1.29, 1.82) is 0 Å². The molecule has 9 heteroatoms. The smallest absolute Gasteiger partial charge is 0.244 e. The predicted octanol–water partition coefficient (Wildman–Crippen LogP) is 7.51. The highest BCUT2D eigenvalue weighted by atomic mass is 32.2. The second-order valence-corrected chi connectivity index (χ2v) is 17.2. The Balaban J connectivity index is 1.46. The predicted molar refractivity (Wildman–Crippen MR) is 194 cm³/mol. The van der Waals surface area contributed by atoms with Gasteiger partial charge in [0.25, 0.3) is 0 Å².